The van der Waals surface area contributed by atoms with E-state index in [0.29, 0.717) is 12.6 Å². The Morgan fingerprint density at radius 3 is 2.44 bits per heavy atom. The molecule has 96 valence electrons. The summed E-state index contributed by atoms with van der Waals surface area (Å²) in [6.07, 6.45) is 4.39. The first-order valence-electron chi connectivity index (χ1n) is 6.62. The smallest absolute Gasteiger partial charge is 0.0695 e. The van der Waals surface area contributed by atoms with E-state index >= 15 is 0 Å². The van der Waals surface area contributed by atoms with E-state index < -0.39 is 0 Å². The first-order chi connectivity index (χ1) is 7.50. The van der Waals surface area contributed by atoms with Crippen LogP contribution in [0.3, 0.4) is 0 Å². The van der Waals surface area contributed by atoms with Gasteiger partial charge in [0.05, 0.1) is 6.10 Å². The lowest BCUT2D eigenvalue weighted by Gasteiger charge is -2.40. The summed E-state index contributed by atoms with van der Waals surface area (Å²) in [5.74, 6) is 0. The molecule has 3 nitrogen and oxygen atoms in total. The molecule has 0 amide bonds. The van der Waals surface area contributed by atoms with Gasteiger partial charge < -0.3 is 10.8 Å². The largest absolute Gasteiger partial charge is 0.391 e. The number of aliphatic hydroxyl groups is 1. The lowest BCUT2D eigenvalue weighted by Crippen LogP contribution is -2.50. The van der Waals surface area contributed by atoms with E-state index in [1.807, 2.05) is 0 Å². The Kier molecular flexibility index (Phi) is 5.22. The van der Waals surface area contributed by atoms with Crippen molar-refractivity contribution in [2.45, 2.75) is 58.6 Å². The molecular weight excluding hydrogens is 200 g/mol. The number of rotatable bonds is 5. The second-order valence-corrected chi connectivity index (χ2v) is 5.85. The zero-order valence-corrected chi connectivity index (χ0v) is 11.1. The average molecular weight is 228 g/mol. The maximum Gasteiger partial charge on any atom is 0.0695 e. The van der Waals surface area contributed by atoms with E-state index in [9.17, 15) is 5.11 Å². The van der Waals surface area contributed by atoms with Crippen molar-refractivity contribution in [3.8, 4) is 0 Å². The summed E-state index contributed by atoms with van der Waals surface area (Å²) in [4.78, 5) is 2.41. The standard InChI is InChI=1S/C13H28N2O/c1-4-15(10-13(2,3)9-14)11-7-5-6-8-12(11)16/h11-12,16H,4-10,14H2,1-3H3. The Labute approximate surface area is 100 Å². The predicted octanol–water partition coefficient (Wildman–Crippen LogP) is 1.60. The second kappa shape index (κ2) is 5.99. The van der Waals surface area contributed by atoms with Gasteiger partial charge in [0.25, 0.3) is 0 Å². The third-order valence-corrected chi connectivity index (χ3v) is 3.75. The molecule has 0 saturated heterocycles. The van der Waals surface area contributed by atoms with Crippen molar-refractivity contribution in [2.24, 2.45) is 11.1 Å². The van der Waals surface area contributed by atoms with Crippen molar-refractivity contribution in [3.63, 3.8) is 0 Å². The van der Waals surface area contributed by atoms with E-state index in [1.54, 1.807) is 0 Å². The molecule has 2 unspecified atom stereocenters. The molecule has 3 N–H and O–H groups in total. The van der Waals surface area contributed by atoms with Crippen LogP contribution in [0.2, 0.25) is 0 Å². The highest BCUT2D eigenvalue weighted by atomic mass is 16.3. The minimum Gasteiger partial charge on any atom is -0.391 e. The summed E-state index contributed by atoms with van der Waals surface area (Å²) in [6, 6.07) is 0.351. The van der Waals surface area contributed by atoms with Crippen LogP contribution in [-0.2, 0) is 0 Å². The number of nitrogens with zero attached hydrogens (tertiary/aromatic N) is 1. The zero-order valence-electron chi connectivity index (χ0n) is 11.1. The van der Waals surface area contributed by atoms with Gasteiger partial charge in [-0.25, -0.2) is 0 Å². The number of nitrogens with two attached hydrogens (primary N) is 1. The molecule has 16 heavy (non-hydrogen) atoms. The zero-order chi connectivity index (χ0) is 12.2. The summed E-state index contributed by atoms with van der Waals surface area (Å²) < 4.78 is 0. The minimum atomic E-state index is -0.137. The van der Waals surface area contributed by atoms with Crippen LogP contribution in [0, 0.1) is 5.41 Å². The molecular formula is C13H28N2O. The molecule has 2 atom stereocenters. The van der Waals surface area contributed by atoms with E-state index in [2.05, 4.69) is 25.7 Å². The molecule has 0 radical (unpaired) electrons. The van der Waals surface area contributed by atoms with Gasteiger partial charge in [-0.1, -0.05) is 33.6 Å². The number of hydrogen-bond donors (Lipinski definition) is 2. The highest BCUT2D eigenvalue weighted by molar-refractivity contribution is 4.85. The third-order valence-electron chi connectivity index (χ3n) is 3.75. The van der Waals surface area contributed by atoms with Gasteiger partial charge in [0.15, 0.2) is 0 Å². The highest BCUT2D eigenvalue weighted by Gasteiger charge is 2.30. The fourth-order valence-electron chi connectivity index (χ4n) is 2.60. The molecule has 1 rings (SSSR count). The summed E-state index contributed by atoms with van der Waals surface area (Å²) in [6.45, 7) is 9.27. The van der Waals surface area contributed by atoms with Gasteiger partial charge >= 0.3 is 0 Å². The van der Waals surface area contributed by atoms with Gasteiger partial charge in [0.2, 0.25) is 0 Å². The number of aliphatic hydroxyl groups excluding tert-OH is 1. The summed E-state index contributed by atoms with van der Waals surface area (Å²) in [5.41, 5.74) is 5.93. The van der Waals surface area contributed by atoms with E-state index in [1.165, 1.54) is 12.8 Å². The van der Waals surface area contributed by atoms with Crippen LogP contribution in [0.15, 0.2) is 0 Å². The quantitative estimate of drug-likeness (QED) is 0.751. The molecule has 0 aromatic rings. The SMILES string of the molecule is CCN(CC(C)(C)CN)C1CCCCC1O. The molecule has 1 fully saturated rings. The summed E-state index contributed by atoms with van der Waals surface area (Å²) in [5, 5.41) is 10.1. The Morgan fingerprint density at radius 2 is 1.94 bits per heavy atom. The van der Waals surface area contributed by atoms with Crippen LogP contribution in [0.5, 0.6) is 0 Å². The average Bonchev–Trinajstić information content (AvgIpc) is 2.27. The molecule has 0 spiro atoms. The topological polar surface area (TPSA) is 49.5 Å². The molecule has 0 aromatic carbocycles. The van der Waals surface area contributed by atoms with Crippen LogP contribution < -0.4 is 5.73 Å². The Bertz CT molecular complexity index is 206. The fourth-order valence-corrected chi connectivity index (χ4v) is 2.60. The minimum absolute atomic E-state index is 0.137. The Morgan fingerprint density at radius 1 is 1.31 bits per heavy atom. The molecule has 1 aliphatic carbocycles. The van der Waals surface area contributed by atoms with Crippen LogP contribution in [0.25, 0.3) is 0 Å². The summed E-state index contributed by atoms with van der Waals surface area (Å²) in [7, 11) is 0. The Hall–Kier alpha value is -0.120. The van der Waals surface area contributed by atoms with E-state index in [-0.39, 0.29) is 11.5 Å². The monoisotopic (exact) mass is 228 g/mol. The van der Waals surface area contributed by atoms with Crippen LogP contribution >= 0.6 is 0 Å². The normalized spacial score (nSPS) is 27.4. The maximum absolute atomic E-state index is 10.1. The van der Waals surface area contributed by atoms with Crippen molar-refractivity contribution in [1.29, 1.82) is 0 Å². The molecule has 0 heterocycles. The van der Waals surface area contributed by atoms with Crippen molar-refractivity contribution in [2.75, 3.05) is 19.6 Å². The predicted molar refractivity (Wildman–Crippen MR) is 68.3 cm³/mol. The maximum atomic E-state index is 10.1. The van der Waals surface area contributed by atoms with Crippen molar-refractivity contribution < 1.29 is 5.11 Å². The molecule has 3 heteroatoms. The molecule has 0 aliphatic heterocycles. The number of hydrogen-bond acceptors (Lipinski definition) is 3. The van der Waals surface area contributed by atoms with Gasteiger partial charge in [0, 0.05) is 12.6 Å². The molecule has 0 aromatic heterocycles. The van der Waals surface area contributed by atoms with Gasteiger partial charge in [0.1, 0.15) is 0 Å². The van der Waals surface area contributed by atoms with Crippen LogP contribution in [0.4, 0.5) is 0 Å². The third kappa shape index (κ3) is 3.72. The molecule has 1 saturated carbocycles. The summed E-state index contributed by atoms with van der Waals surface area (Å²) >= 11 is 0. The van der Waals surface area contributed by atoms with Crippen molar-refractivity contribution >= 4 is 0 Å². The van der Waals surface area contributed by atoms with Crippen LogP contribution in [0.1, 0.15) is 46.5 Å². The highest BCUT2D eigenvalue weighted by Crippen LogP contribution is 2.26. The van der Waals surface area contributed by atoms with Crippen molar-refractivity contribution in [1.82, 2.24) is 4.90 Å². The molecule has 0 bridgehead atoms. The second-order valence-electron chi connectivity index (χ2n) is 5.85. The van der Waals surface area contributed by atoms with Gasteiger partial charge in [-0.3, -0.25) is 4.90 Å². The van der Waals surface area contributed by atoms with E-state index in [0.717, 1.165) is 25.9 Å². The first kappa shape index (κ1) is 13.9. The number of likely N-dealkylation sites (N-methyl/N-ethyl adjacent to an activating group) is 1. The lowest BCUT2D eigenvalue weighted by molar-refractivity contribution is 0.00706. The molecule has 1 aliphatic rings. The first-order valence-corrected chi connectivity index (χ1v) is 6.62. The van der Waals surface area contributed by atoms with Gasteiger partial charge in [-0.2, -0.15) is 0 Å². The van der Waals surface area contributed by atoms with Crippen molar-refractivity contribution in [3.05, 3.63) is 0 Å². The van der Waals surface area contributed by atoms with Gasteiger partial charge in [-0.05, 0) is 31.3 Å². The Balaban J connectivity index is 2.58. The van der Waals surface area contributed by atoms with Gasteiger partial charge in [-0.15, -0.1) is 0 Å². The van der Waals surface area contributed by atoms with E-state index in [4.69, 9.17) is 5.73 Å². The van der Waals surface area contributed by atoms with Crippen LogP contribution in [-0.4, -0.2) is 41.8 Å². The lowest BCUT2D eigenvalue weighted by atomic mass is 9.87. The fraction of sp³-hybridized carbons (Fsp3) is 1.00.